The van der Waals surface area contributed by atoms with Crippen molar-refractivity contribution in [3.8, 4) is 0 Å². The van der Waals surface area contributed by atoms with Crippen LogP contribution in [0.1, 0.15) is 17.3 Å². The maximum atomic E-state index is 10.8. The van der Waals surface area contributed by atoms with Gasteiger partial charge in [0.15, 0.2) is 10.8 Å². The molecular formula is C8H7N2O+. The van der Waals surface area contributed by atoms with E-state index in [1.54, 1.807) is 24.3 Å². The van der Waals surface area contributed by atoms with Gasteiger partial charge in [0.05, 0.1) is 0 Å². The van der Waals surface area contributed by atoms with Gasteiger partial charge in [-0.05, 0) is 19.1 Å². The van der Waals surface area contributed by atoms with Gasteiger partial charge in [-0.15, -0.1) is 0 Å². The van der Waals surface area contributed by atoms with E-state index in [0.717, 1.165) is 0 Å². The van der Waals surface area contributed by atoms with Crippen molar-refractivity contribution in [2.75, 3.05) is 0 Å². The van der Waals surface area contributed by atoms with Gasteiger partial charge < -0.3 is 0 Å². The second-order valence-electron chi connectivity index (χ2n) is 2.20. The van der Waals surface area contributed by atoms with Crippen molar-refractivity contribution in [3.05, 3.63) is 34.8 Å². The number of carbonyl (C=O) groups excluding carboxylic acids is 1. The second-order valence-corrected chi connectivity index (χ2v) is 2.20. The SMILES string of the molecule is CC(=O)c1ccc([N+]#N)cc1. The number of ketones is 1. The van der Waals surface area contributed by atoms with E-state index in [1.165, 1.54) is 6.92 Å². The Morgan fingerprint density at radius 3 is 2.27 bits per heavy atom. The number of rotatable bonds is 1. The molecule has 0 N–H and O–H groups in total. The second kappa shape index (κ2) is 2.93. The van der Waals surface area contributed by atoms with E-state index >= 15 is 0 Å². The molecule has 0 atom stereocenters. The normalized spacial score (nSPS) is 8.73. The monoisotopic (exact) mass is 147 g/mol. The Hall–Kier alpha value is -1.69. The first-order valence-corrected chi connectivity index (χ1v) is 3.20. The van der Waals surface area contributed by atoms with E-state index in [4.69, 9.17) is 5.39 Å². The molecule has 0 bridgehead atoms. The summed E-state index contributed by atoms with van der Waals surface area (Å²) in [5.74, 6) is 0.00879. The molecule has 0 saturated carbocycles. The molecule has 3 heteroatoms. The van der Waals surface area contributed by atoms with E-state index < -0.39 is 0 Å². The molecule has 0 spiro atoms. The van der Waals surface area contributed by atoms with Gasteiger partial charge in [0.25, 0.3) is 0 Å². The quantitative estimate of drug-likeness (QED) is 0.452. The zero-order chi connectivity index (χ0) is 8.27. The van der Waals surface area contributed by atoms with E-state index in [2.05, 4.69) is 4.98 Å². The van der Waals surface area contributed by atoms with Crippen LogP contribution in [0.25, 0.3) is 4.98 Å². The molecule has 11 heavy (non-hydrogen) atoms. The molecule has 0 aromatic heterocycles. The summed E-state index contributed by atoms with van der Waals surface area (Å²) in [6, 6.07) is 6.40. The molecular weight excluding hydrogens is 140 g/mol. The van der Waals surface area contributed by atoms with Crippen LogP contribution in [-0.4, -0.2) is 5.78 Å². The Morgan fingerprint density at radius 1 is 1.36 bits per heavy atom. The van der Waals surface area contributed by atoms with Gasteiger partial charge >= 0.3 is 5.69 Å². The molecule has 54 valence electrons. The van der Waals surface area contributed by atoms with Crippen LogP contribution in [0.3, 0.4) is 0 Å². The van der Waals surface area contributed by atoms with E-state index in [1.807, 2.05) is 0 Å². The highest BCUT2D eigenvalue weighted by molar-refractivity contribution is 5.94. The number of diazo groups is 1. The third-order valence-electron chi connectivity index (χ3n) is 1.39. The molecule has 0 unspecified atom stereocenters. The molecule has 0 radical (unpaired) electrons. The molecule has 0 aliphatic carbocycles. The zero-order valence-corrected chi connectivity index (χ0v) is 6.11. The summed E-state index contributed by atoms with van der Waals surface area (Å²) in [7, 11) is 0. The van der Waals surface area contributed by atoms with Gasteiger partial charge in [-0.2, -0.15) is 0 Å². The largest absolute Gasteiger partial charge is 0.385 e. The first kappa shape index (κ1) is 7.42. The average molecular weight is 147 g/mol. The molecule has 0 aliphatic rings. The molecule has 3 nitrogen and oxygen atoms in total. The van der Waals surface area contributed by atoms with Gasteiger partial charge in [0, 0.05) is 17.7 Å². The minimum absolute atomic E-state index is 0.00879. The van der Waals surface area contributed by atoms with Crippen LogP contribution >= 0.6 is 0 Å². The Kier molecular flexibility index (Phi) is 1.98. The van der Waals surface area contributed by atoms with Crippen molar-refractivity contribution in [3.63, 3.8) is 0 Å². The summed E-state index contributed by atoms with van der Waals surface area (Å²) < 4.78 is 0. The molecule has 1 aromatic carbocycles. The third kappa shape index (κ3) is 1.62. The molecule has 1 rings (SSSR count). The molecule has 0 amide bonds. The molecule has 1 aromatic rings. The predicted octanol–water partition coefficient (Wildman–Crippen LogP) is 2.37. The number of nitrogens with zero attached hydrogens (tertiary/aromatic N) is 2. The summed E-state index contributed by atoms with van der Waals surface area (Å²) >= 11 is 0. The average Bonchev–Trinajstić information content (AvgIpc) is 2.05. The number of benzene rings is 1. The first-order valence-electron chi connectivity index (χ1n) is 3.20. The van der Waals surface area contributed by atoms with Crippen LogP contribution in [-0.2, 0) is 0 Å². The van der Waals surface area contributed by atoms with Gasteiger partial charge in [-0.25, -0.2) is 0 Å². The number of hydrogen-bond donors (Lipinski definition) is 0. The fourth-order valence-electron chi connectivity index (χ4n) is 0.763. The summed E-state index contributed by atoms with van der Waals surface area (Å²) in [6.07, 6.45) is 0. The fourth-order valence-corrected chi connectivity index (χ4v) is 0.763. The van der Waals surface area contributed by atoms with Crippen LogP contribution in [0.4, 0.5) is 5.69 Å². The van der Waals surface area contributed by atoms with Crippen molar-refractivity contribution in [1.29, 1.82) is 5.39 Å². The van der Waals surface area contributed by atoms with E-state index in [0.29, 0.717) is 11.3 Å². The summed E-state index contributed by atoms with van der Waals surface area (Å²) in [4.78, 5) is 13.7. The number of carbonyl (C=O) groups is 1. The third-order valence-corrected chi connectivity index (χ3v) is 1.39. The lowest BCUT2D eigenvalue weighted by molar-refractivity contribution is 0.101. The van der Waals surface area contributed by atoms with Crippen LogP contribution in [0.5, 0.6) is 0 Å². The first-order chi connectivity index (χ1) is 5.24. The number of hydrogen-bond acceptors (Lipinski definition) is 2. The maximum absolute atomic E-state index is 10.8. The van der Waals surface area contributed by atoms with Crippen LogP contribution in [0.15, 0.2) is 24.3 Å². The molecule has 0 fully saturated rings. The Bertz CT molecular complexity index is 308. The summed E-state index contributed by atoms with van der Waals surface area (Å²) in [6.45, 7) is 1.49. The lowest BCUT2D eigenvalue weighted by Crippen LogP contribution is -1.88. The highest BCUT2D eigenvalue weighted by Gasteiger charge is 2.04. The van der Waals surface area contributed by atoms with Crippen LogP contribution < -0.4 is 0 Å². The van der Waals surface area contributed by atoms with Gasteiger partial charge in [0.1, 0.15) is 0 Å². The van der Waals surface area contributed by atoms with Crippen LogP contribution in [0, 0.1) is 5.39 Å². The molecule has 0 saturated heterocycles. The van der Waals surface area contributed by atoms with E-state index in [-0.39, 0.29) is 5.78 Å². The predicted molar refractivity (Wildman–Crippen MR) is 41.2 cm³/mol. The van der Waals surface area contributed by atoms with Crippen molar-refractivity contribution in [1.82, 2.24) is 0 Å². The van der Waals surface area contributed by atoms with Gasteiger partial charge in [-0.3, -0.25) is 4.79 Å². The lowest BCUT2D eigenvalue weighted by atomic mass is 10.1. The molecule has 0 heterocycles. The van der Waals surface area contributed by atoms with Crippen molar-refractivity contribution < 1.29 is 4.79 Å². The minimum atomic E-state index is 0.00879. The summed E-state index contributed by atoms with van der Waals surface area (Å²) in [5.41, 5.74) is 1.08. The van der Waals surface area contributed by atoms with Gasteiger partial charge in [-0.1, -0.05) is 0 Å². The Morgan fingerprint density at radius 2 is 1.91 bits per heavy atom. The van der Waals surface area contributed by atoms with Crippen molar-refractivity contribution >= 4 is 11.5 Å². The van der Waals surface area contributed by atoms with Crippen molar-refractivity contribution in [2.45, 2.75) is 6.92 Å². The fraction of sp³-hybridized carbons (Fsp3) is 0.125. The van der Waals surface area contributed by atoms with Crippen LogP contribution in [0.2, 0.25) is 0 Å². The Labute approximate surface area is 64.3 Å². The standard InChI is InChI=1S/C8H7N2O/c1-6(11)7-2-4-8(10-9)5-3-7/h2-5H,1H3/q+1. The minimum Gasteiger partial charge on any atom is -0.295 e. The van der Waals surface area contributed by atoms with E-state index in [9.17, 15) is 4.79 Å². The lowest BCUT2D eigenvalue weighted by Gasteiger charge is -1.88. The Balaban J connectivity index is 3.03. The number of Topliss-reactive ketones (excluding diaryl/α,β-unsaturated/α-hetero) is 1. The topological polar surface area (TPSA) is 45.2 Å². The zero-order valence-electron chi connectivity index (χ0n) is 6.11. The van der Waals surface area contributed by atoms with Gasteiger partial charge in [0.2, 0.25) is 5.39 Å². The molecule has 0 aliphatic heterocycles. The summed E-state index contributed by atoms with van der Waals surface area (Å²) in [5, 5.41) is 8.31. The highest BCUT2D eigenvalue weighted by Crippen LogP contribution is 2.12. The highest BCUT2D eigenvalue weighted by atomic mass is 16.1. The maximum Gasteiger partial charge on any atom is 0.385 e. The van der Waals surface area contributed by atoms with Crippen molar-refractivity contribution in [2.24, 2.45) is 0 Å². The smallest absolute Gasteiger partial charge is 0.295 e.